The monoisotopic (exact) mass is 339 g/mol. The van der Waals surface area contributed by atoms with Crippen molar-refractivity contribution in [2.75, 3.05) is 13.1 Å². The van der Waals surface area contributed by atoms with Crippen LogP contribution in [0.1, 0.15) is 23.4 Å². The second kappa shape index (κ2) is 5.77. The van der Waals surface area contributed by atoms with E-state index in [1.165, 1.54) is 6.26 Å². The minimum absolute atomic E-state index is 0.209. The summed E-state index contributed by atoms with van der Waals surface area (Å²) in [5, 5.41) is 9.96. The summed E-state index contributed by atoms with van der Waals surface area (Å²) in [5.74, 6) is -0.837. The number of carboxylic acids is 1. The number of hydrogen-bond acceptors (Lipinski definition) is 4. The molecule has 1 amide bonds. The molecule has 0 saturated carbocycles. The lowest BCUT2D eigenvalue weighted by molar-refractivity contribution is -0.149. The van der Waals surface area contributed by atoms with E-state index in [4.69, 9.17) is 4.42 Å². The summed E-state index contributed by atoms with van der Waals surface area (Å²) in [5.41, 5.74) is 0.448. The van der Waals surface area contributed by atoms with Gasteiger partial charge in [-0.3, -0.25) is 4.79 Å². The van der Waals surface area contributed by atoms with Crippen LogP contribution in [0.3, 0.4) is 0 Å². The van der Waals surface area contributed by atoms with Crippen molar-refractivity contribution in [1.29, 1.82) is 0 Å². The number of furan rings is 1. The van der Waals surface area contributed by atoms with Crippen molar-refractivity contribution in [3.05, 3.63) is 54.7 Å². The maximum atomic E-state index is 12.4. The van der Waals surface area contributed by atoms with Gasteiger partial charge in [0.25, 0.3) is 5.91 Å². The van der Waals surface area contributed by atoms with Gasteiger partial charge in [-0.25, -0.2) is 9.78 Å². The van der Waals surface area contributed by atoms with Crippen molar-refractivity contribution in [2.45, 2.75) is 18.4 Å². The molecule has 7 nitrogen and oxygen atoms in total. The van der Waals surface area contributed by atoms with Crippen LogP contribution in [0, 0.1) is 0 Å². The Morgan fingerprint density at radius 1 is 1.12 bits per heavy atom. The molecule has 1 aliphatic rings. The number of amides is 1. The first-order valence-electron chi connectivity index (χ1n) is 8.10. The summed E-state index contributed by atoms with van der Waals surface area (Å²) in [7, 11) is 0. The Hall–Kier alpha value is -3.09. The summed E-state index contributed by atoms with van der Waals surface area (Å²) >= 11 is 0. The lowest BCUT2D eigenvalue weighted by Gasteiger charge is -2.39. The average molecular weight is 339 g/mol. The predicted molar refractivity (Wildman–Crippen MR) is 89.2 cm³/mol. The third kappa shape index (κ3) is 2.39. The van der Waals surface area contributed by atoms with Gasteiger partial charge < -0.3 is 19.0 Å². The number of fused-ring (bicyclic) bond motifs is 1. The van der Waals surface area contributed by atoms with Crippen molar-refractivity contribution in [3.63, 3.8) is 0 Å². The fourth-order valence-electron chi connectivity index (χ4n) is 3.49. The number of carbonyl (C=O) groups excluding carboxylic acids is 1. The second-order valence-electron chi connectivity index (χ2n) is 6.21. The van der Waals surface area contributed by atoms with Crippen LogP contribution < -0.4 is 0 Å². The Bertz CT molecular complexity index is 921. The Labute approximate surface area is 143 Å². The molecule has 0 bridgehead atoms. The van der Waals surface area contributed by atoms with Crippen LogP contribution in [0.2, 0.25) is 0 Å². The van der Waals surface area contributed by atoms with Gasteiger partial charge in [0.05, 0.1) is 23.6 Å². The summed E-state index contributed by atoms with van der Waals surface area (Å²) in [6.07, 6.45) is 3.67. The molecule has 0 atom stereocenters. The highest BCUT2D eigenvalue weighted by Gasteiger charge is 2.45. The molecule has 128 valence electrons. The normalized spacial score (nSPS) is 16.9. The molecule has 2 aromatic heterocycles. The number of benzene rings is 1. The maximum absolute atomic E-state index is 12.4. The van der Waals surface area contributed by atoms with Crippen molar-refractivity contribution >= 4 is 22.9 Å². The van der Waals surface area contributed by atoms with E-state index in [1.807, 2.05) is 24.3 Å². The number of imidazole rings is 1. The fraction of sp³-hybridized carbons (Fsp3) is 0.278. The van der Waals surface area contributed by atoms with E-state index in [0.29, 0.717) is 25.9 Å². The van der Waals surface area contributed by atoms with Crippen LogP contribution in [-0.2, 0) is 10.3 Å². The SMILES string of the molecule is O=C(c1ccco1)N1CCC(C(=O)O)(n2cnc3ccccc32)CC1. The van der Waals surface area contributed by atoms with Crippen LogP contribution in [0.5, 0.6) is 0 Å². The minimum atomic E-state index is -1.10. The molecule has 0 unspecified atom stereocenters. The molecule has 25 heavy (non-hydrogen) atoms. The standard InChI is InChI=1S/C18H17N3O4/c22-16(15-6-3-11-25-15)20-9-7-18(8-10-20,17(23)24)21-12-19-13-4-1-2-5-14(13)21/h1-6,11-12H,7-10H2,(H,23,24). The van der Waals surface area contributed by atoms with Crippen molar-refractivity contribution < 1.29 is 19.1 Å². The highest BCUT2D eigenvalue weighted by molar-refractivity contribution is 5.92. The van der Waals surface area contributed by atoms with E-state index in [9.17, 15) is 14.7 Å². The fourth-order valence-corrected chi connectivity index (χ4v) is 3.49. The molecule has 0 radical (unpaired) electrons. The second-order valence-corrected chi connectivity index (χ2v) is 6.21. The number of hydrogen-bond donors (Lipinski definition) is 1. The number of aliphatic carboxylic acids is 1. The summed E-state index contributed by atoms with van der Waals surface area (Å²) in [6.45, 7) is 0.691. The average Bonchev–Trinajstić information content (AvgIpc) is 3.31. The molecule has 0 aliphatic carbocycles. The number of carbonyl (C=O) groups is 2. The molecule has 1 aromatic carbocycles. The van der Waals surface area contributed by atoms with E-state index in [0.717, 1.165) is 11.0 Å². The number of piperidine rings is 1. The van der Waals surface area contributed by atoms with E-state index < -0.39 is 11.5 Å². The molecule has 1 saturated heterocycles. The highest BCUT2D eigenvalue weighted by atomic mass is 16.4. The quantitative estimate of drug-likeness (QED) is 0.791. The molecule has 3 heterocycles. The van der Waals surface area contributed by atoms with Gasteiger partial charge in [0.1, 0.15) is 5.54 Å². The zero-order chi connectivity index (χ0) is 17.4. The van der Waals surface area contributed by atoms with Crippen LogP contribution in [0.4, 0.5) is 0 Å². The number of likely N-dealkylation sites (tertiary alicyclic amines) is 1. The maximum Gasteiger partial charge on any atom is 0.330 e. The number of para-hydroxylation sites is 2. The van der Waals surface area contributed by atoms with Gasteiger partial charge in [-0.1, -0.05) is 12.1 Å². The number of carboxylic acid groups (broad SMARTS) is 1. The molecule has 1 aliphatic heterocycles. The Kier molecular flexibility index (Phi) is 3.56. The van der Waals surface area contributed by atoms with Crippen molar-refractivity contribution in [2.24, 2.45) is 0 Å². The van der Waals surface area contributed by atoms with Crippen LogP contribution in [0.15, 0.2) is 53.4 Å². The number of rotatable bonds is 3. The third-order valence-electron chi connectivity index (χ3n) is 4.92. The zero-order valence-corrected chi connectivity index (χ0v) is 13.5. The van der Waals surface area contributed by atoms with Gasteiger partial charge in [0.2, 0.25) is 0 Å². The molecular weight excluding hydrogens is 322 g/mol. The Morgan fingerprint density at radius 2 is 1.88 bits per heavy atom. The lowest BCUT2D eigenvalue weighted by Crippen LogP contribution is -2.52. The molecule has 7 heteroatoms. The summed E-state index contributed by atoms with van der Waals surface area (Å²) in [6, 6.07) is 10.7. The van der Waals surface area contributed by atoms with Crippen molar-refractivity contribution in [1.82, 2.24) is 14.5 Å². The van der Waals surface area contributed by atoms with E-state index in [2.05, 4.69) is 4.98 Å². The first-order chi connectivity index (χ1) is 12.1. The molecular formula is C18H17N3O4. The topological polar surface area (TPSA) is 88.6 Å². The van der Waals surface area contributed by atoms with Gasteiger partial charge in [0, 0.05) is 13.1 Å². The Balaban J connectivity index is 1.64. The zero-order valence-electron chi connectivity index (χ0n) is 13.5. The van der Waals surface area contributed by atoms with Gasteiger partial charge in [-0.05, 0) is 37.1 Å². The highest BCUT2D eigenvalue weighted by Crippen LogP contribution is 2.34. The van der Waals surface area contributed by atoms with Gasteiger partial charge >= 0.3 is 5.97 Å². The van der Waals surface area contributed by atoms with E-state index in [1.54, 1.807) is 27.9 Å². The lowest BCUT2D eigenvalue weighted by atomic mass is 9.86. The van der Waals surface area contributed by atoms with Crippen LogP contribution >= 0.6 is 0 Å². The van der Waals surface area contributed by atoms with Crippen molar-refractivity contribution in [3.8, 4) is 0 Å². The molecule has 3 aromatic rings. The van der Waals surface area contributed by atoms with Gasteiger partial charge in [-0.15, -0.1) is 0 Å². The van der Waals surface area contributed by atoms with Gasteiger partial charge in [-0.2, -0.15) is 0 Å². The van der Waals surface area contributed by atoms with Crippen LogP contribution in [-0.4, -0.2) is 44.5 Å². The summed E-state index contributed by atoms with van der Waals surface area (Å²) in [4.78, 5) is 30.5. The van der Waals surface area contributed by atoms with Gasteiger partial charge in [0.15, 0.2) is 5.76 Å². The summed E-state index contributed by atoms with van der Waals surface area (Å²) < 4.78 is 6.89. The van der Waals surface area contributed by atoms with E-state index >= 15 is 0 Å². The third-order valence-corrected chi connectivity index (χ3v) is 4.92. The number of aromatic nitrogens is 2. The Morgan fingerprint density at radius 3 is 2.56 bits per heavy atom. The predicted octanol–water partition coefficient (Wildman–Crippen LogP) is 2.35. The molecule has 0 spiro atoms. The largest absolute Gasteiger partial charge is 0.479 e. The van der Waals surface area contributed by atoms with Crippen LogP contribution in [0.25, 0.3) is 11.0 Å². The first-order valence-corrected chi connectivity index (χ1v) is 8.10. The molecule has 1 fully saturated rings. The smallest absolute Gasteiger partial charge is 0.330 e. The number of nitrogens with zero attached hydrogens (tertiary/aromatic N) is 3. The van der Waals surface area contributed by atoms with E-state index in [-0.39, 0.29) is 11.7 Å². The molecule has 1 N–H and O–H groups in total. The first kappa shape index (κ1) is 15.4. The minimum Gasteiger partial charge on any atom is -0.479 e. The molecule has 4 rings (SSSR count).